The number of rotatable bonds is 8. The molecule has 1 aliphatic heterocycles. The lowest BCUT2D eigenvalue weighted by Crippen LogP contribution is -2.39. The summed E-state index contributed by atoms with van der Waals surface area (Å²) in [4.78, 5) is 6.85. The predicted molar refractivity (Wildman–Crippen MR) is 123 cm³/mol. The summed E-state index contributed by atoms with van der Waals surface area (Å²) in [5.74, 6) is 3.15. The van der Waals surface area contributed by atoms with Gasteiger partial charge in [-0.2, -0.15) is 0 Å². The zero-order chi connectivity index (χ0) is 18.8. The van der Waals surface area contributed by atoms with E-state index in [1.165, 1.54) is 38.9 Å². The lowest BCUT2D eigenvalue weighted by Gasteiger charge is -2.31. The first-order chi connectivity index (χ1) is 12.7. The number of halogens is 1. The van der Waals surface area contributed by atoms with Crippen molar-refractivity contribution in [2.45, 2.75) is 32.7 Å². The molecule has 154 valence electrons. The van der Waals surface area contributed by atoms with Gasteiger partial charge in [0.1, 0.15) is 0 Å². The summed E-state index contributed by atoms with van der Waals surface area (Å²) >= 11 is 0. The first-order valence-corrected chi connectivity index (χ1v) is 9.57. The van der Waals surface area contributed by atoms with Crippen LogP contribution in [0.15, 0.2) is 23.2 Å². The van der Waals surface area contributed by atoms with Crippen LogP contribution in [-0.4, -0.2) is 58.3 Å². The van der Waals surface area contributed by atoms with E-state index in [1.54, 1.807) is 14.2 Å². The van der Waals surface area contributed by atoms with Crippen molar-refractivity contribution >= 4 is 29.9 Å². The summed E-state index contributed by atoms with van der Waals surface area (Å²) in [6.07, 6.45) is 3.83. The molecular weight excluding hydrogens is 455 g/mol. The van der Waals surface area contributed by atoms with Crippen LogP contribution in [-0.2, 0) is 6.54 Å². The molecule has 27 heavy (non-hydrogen) atoms. The number of hydrogen-bond donors (Lipinski definition) is 2. The van der Waals surface area contributed by atoms with Crippen molar-refractivity contribution in [3.05, 3.63) is 23.8 Å². The predicted octanol–water partition coefficient (Wildman–Crippen LogP) is 3.11. The van der Waals surface area contributed by atoms with Crippen molar-refractivity contribution in [3.8, 4) is 11.5 Å². The van der Waals surface area contributed by atoms with E-state index >= 15 is 0 Å². The summed E-state index contributed by atoms with van der Waals surface area (Å²) in [6, 6.07) is 5.94. The summed E-state index contributed by atoms with van der Waals surface area (Å²) in [7, 11) is 5.11. The van der Waals surface area contributed by atoms with E-state index in [-0.39, 0.29) is 24.0 Å². The van der Waals surface area contributed by atoms with Gasteiger partial charge in [-0.25, -0.2) is 0 Å². The van der Waals surface area contributed by atoms with Gasteiger partial charge in [0.05, 0.1) is 14.2 Å². The van der Waals surface area contributed by atoms with E-state index in [1.807, 2.05) is 25.2 Å². The standard InChI is InChI=1S/C20H34N4O2.HI/c1-5-24-12-9-16(10-13-24)8-11-22-20(21-2)23-15-17-6-7-18(25-3)19(14-17)26-4;/h6-7,14,16H,5,8-13,15H2,1-4H3,(H2,21,22,23);1H. The molecule has 1 aromatic rings. The fourth-order valence-electron chi connectivity index (χ4n) is 3.38. The third-order valence-corrected chi connectivity index (χ3v) is 5.13. The van der Waals surface area contributed by atoms with Crippen LogP contribution in [0.3, 0.4) is 0 Å². The van der Waals surface area contributed by atoms with Crippen molar-refractivity contribution in [3.63, 3.8) is 0 Å². The molecule has 1 fully saturated rings. The van der Waals surface area contributed by atoms with Crippen molar-refractivity contribution in [1.29, 1.82) is 0 Å². The smallest absolute Gasteiger partial charge is 0.191 e. The second-order valence-electron chi connectivity index (χ2n) is 6.71. The number of nitrogens with zero attached hydrogens (tertiary/aromatic N) is 2. The van der Waals surface area contributed by atoms with Gasteiger partial charge >= 0.3 is 0 Å². The summed E-state index contributed by atoms with van der Waals surface area (Å²) in [5.41, 5.74) is 1.12. The topological polar surface area (TPSA) is 58.1 Å². The van der Waals surface area contributed by atoms with Gasteiger partial charge in [0.15, 0.2) is 17.5 Å². The van der Waals surface area contributed by atoms with Gasteiger partial charge < -0.3 is 25.0 Å². The highest BCUT2D eigenvalue weighted by Gasteiger charge is 2.17. The number of likely N-dealkylation sites (tertiary alicyclic amines) is 1. The Morgan fingerprint density at radius 3 is 2.44 bits per heavy atom. The third-order valence-electron chi connectivity index (χ3n) is 5.13. The number of nitrogens with one attached hydrogen (secondary N) is 2. The molecule has 2 rings (SSSR count). The SMILES string of the molecule is CCN1CCC(CCNC(=NC)NCc2ccc(OC)c(OC)c2)CC1.I. The van der Waals surface area contributed by atoms with Crippen molar-refractivity contribution < 1.29 is 9.47 Å². The molecule has 0 aromatic heterocycles. The molecule has 6 nitrogen and oxygen atoms in total. The lowest BCUT2D eigenvalue weighted by molar-refractivity contribution is 0.187. The molecule has 1 aliphatic rings. The molecule has 1 saturated heterocycles. The van der Waals surface area contributed by atoms with Crippen molar-refractivity contribution in [2.75, 3.05) is 47.4 Å². The number of methoxy groups -OCH3 is 2. The maximum absolute atomic E-state index is 5.36. The highest BCUT2D eigenvalue weighted by Crippen LogP contribution is 2.27. The molecule has 0 aliphatic carbocycles. The molecule has 0 bridgehead atoms. The minimum Gasteiger partial charge on any atom is -0.493 e. The third kappa shape index (κ3) is 7.73. The molecule has 0 amide bonds. The van der Waals surface area contributed by atoms with Gasteiger partial charge in [0, 0.05) is 20.1 Å². The second kappa shape index (κ2) is 13.0. The molecule has 1 heterocycles. The van der Waals surface area contributed by atoms with Crippen LogP contribution in [0.1, 0.15) is 31.7 Å². The van der Waals surface area contributed by atoms with E-state index in [4.69, 9.17) is 9.47 Å². The van der Waals surface area contributed by atoms with Gasteiger partial charge in [-0.1, -0.05) is 13.0 Å². The van der Waals surface area contributed by atoms with E-state index in [0.717, 1.165) is 35.5 Å². The molecule has 1 aromatic carbocycles. The first kappa shape index (κ1) is 23.8. The second-order valence-corrected chi connectivity index (χ2v) is 6.71. The van der Waals surface area contributed by atoms with Crippen LogP contribution in [0.25, 0.3) is 0 Å². The van der Waals surface area contributed by atoms with Crippen LogP contribution in [0, 0.1) is 5.92 Å². The average Bonchev–Trinajstić information content (AvgIpc) is 2.70. The molecular formula is C20H35IN4O2. The van der Waals surface area contributed by atoms with Crippen LogP contribution in [0.5, 0.6) is 11.5 Å². The van der Waals surface area contributed by atoms with Crippen LogP contribution in [0.4, 0.5) is 0 Å². The maximum Gasteiger partial charge on any atom is 0.191 e. The van der Waals surface area contributed by atoms with Gasteiger partial charge in [0.25, 0.3) is 0 Å². The largest absolute Gasteiger partial charge is 0.493 e. The van der Waals surface area contributed by atoms with Gasteiger partial charge in [0.2, 0.25) is 0 Å². The fraction of sp³-hybridized carbons (Fsp3) is 0.650. The van der Waals surface area contributed by atoms with Gasteiger partial charge in [-0.05, 0) is 62.5 Å². The summed E-state index contributed by atoms with van der Waals surface area (Å²) < 4.78 is 10.6. The first-order valence-electron chi connectivity index (χ1n) is 9.57. The van der Waals surface area contributed by atoms with E-state index in [2.05, 4.69) is 27.4 Å². The Hall–Kier alpha value is -1.22. The Morgan fingerprint density at radius 1 is 1.15 bits per heavy atom. The molecule has 0 saturated carbocycles. The monoisotopic (exact) mass is 490 g/mol. The highest BCUT2D eigenvalue weighted by molar-refractivity contribution is 14.0. The number of piperidine rings is 1. The minimum absolute atomic E-state index is 0. The summed E-state index contributed by atoms with van der Waals surface area (Å²) in [6.45, 7) is 7.56. The number of aliphatic imine (C=N–C) groups is 1. The Morgan fingerprint density at radius 2 is 1.85 bits per heavy atom. The van der Waals surface area contributed by atoms with Crippen LogP contribution in [0.2, 0.25) is 0 Å². The Balaban J connectivity index is 0.00000364. The van der Waals surface area contributed by atoms with E-state index in [0.29, 0.717) is 6.54 Å². The Kier molecular flexibility index (Phi) is 11.5. The normalized spacial score (nSPS) is 15.8. The van der Waals surface area contributed by atoms with Crippen molar-refractivity contribution in [2.24, 2.45) is 10.9 Å². The highest BCUT2D eigenvalue weighted by atomic mass is 127. The minimum atomic E-state index is 0. The number of ether oxygens (including phenoxy) is 2. The zero-order valence-electron chi connectivity index (χ0n) is 17.1. The Bertz CT molecular complexity index is 575. The van der Waals surface area contributed by atoms with Crippen molar-refractivity contribution in [1.82, 2.24) is 15.5 Å². The number of guanidine groups is 1. The molecule has 0 atom stereocenters. The van der Waals surface area contributed by atoms with E-state index in [9.17, 15) is 0 Å². The zero-order valence-corrected chi connectivity index (χ0v) is 19.4. The lowest BCUT2D eigenvalue weighted by atomic mass is 9.93. The van der Waals surface area contributed by atoms with Gasteiger partial charge in [-0.15, -0.1) is 24.0 Å². The maximum atomic E-state index is 5.36. The van der Waals surface area contributed by atoms with Crippen LogP contribution >= 0.6 is 24.0 Å². The number of hydrogen-bond acceptors (Lipinski definition) is 4. The molecule has 0 spiro atoms. The molecule has 0 unspecified atom stereocenters. The molecule has 7 heteroatoms. The Labute approximate surface area is 181 Å². The number of benzene rings is 1. The fourth-order valence-corrected chi connectivity index (χ4v) is 3.38. The summed E-state index contributed by atoms with van der Waals surface area (Å²) in [5, 5.41) is 6.80. The van der Waals surface area contributed by atoms with Crippen LogP contribution < -0.4 is 20.1 Å². The quantitative estimate of drug-likeness (QED) is 0.333. The van der Waals surface area contributed by atoms with Gasteiger partial charge in [-0.3, -0.25) is 4.99 Å². The van der Waals surface area contributed by atoms with E-state index < -0.39 is 0 Å². The average molecular weight is 490 g/mol. The molecule has 0 radical (unpaired) electrons. The molecule has 2 N–H and O–H groups in total.